The molecule has 26 heavy (non-hydrogen) atoms. The summed E-state index contributed by atoms with van der Waals surface area (Å²) in [5.74, 6) is 0.594. The summed E-state index contributed by atoms with van der Waals surface area (Å²) in [7, 11) is 0. The monoisotopic (exact) mass is 352 g/mol. The van der Waals surface area contributed by atoms with Crippen LogP contribution in [-0.4, -0.2) is 48.1 Å². The van der Waals surface area contributed by atoms with Gasteiger partial charge in [0.25, 0.3) is 0 Å². The average Bonchev–Trinajstić information content (AvgIpc) is 3.36. The number of hydrogen-bond acceptors (Lipinski definition) is 5. The number of aromatic nitrogens is 5. The number of imidazole rings is 1. The first kappa shape index (κ1) is 16.9. The van der Waals surface area contributed by atoms with Crippen LogP contribution in [0, 0.1) is 5.92 Å². The summed E-state index contributed by atoms with van der Waals surface area (Å²) < 4.78 is 1.87. The minimum absolute atomic E-state index is 0.594. The van der Waals surface area contributed by atoms with E-state index in [4.69, 9.17) is 0 Å². The Morgan fingerprint density at radius 3 is 2.73 bits per heavy atom. The van der Waals surface area contributed by atoms with E-state index < -0.39 is 6.10 Å². The second-order valence-corrected chi connectivity index (χ2v) is 6.98. The first-order valence-corrected chi connectivity index (χ1v) is 9.10. The fraction of sp³-hybridized carbons (Fsp3) is 0.421. The van der Waals surface area contributed by atoms with E-state index in [1.54, 1.807) is 6.33 Å². The number of piperidine rings is 1. The molecule has 1 aliphatic rings. The van der Waals surface area contributed by atoms with Gasteiger partial charge >= 0.3 is 0 Å². The molecule has 1 fully saturated rings. The Kier molecular flexibility index (Phi) is 5.08. The highest BCUT2D eigenvalue weighted by atomic mass is 16.3. The highest BCUT2D eigenvalue weighted by Gasteiger charge is 2.21. The fourth-order valence-corrected chi connectivity index (χ4v) is 3.54. The molecule has 0 bridgehead atoms. The molecule has 136 valence electrons. The van der Waals surface area contributed by atoms with Gasteiger partial charge in [-0.05, 0) is 37.4 Å². The SMILES string of the molecule is O[C@@H](c1ccccc1)c1cn(CC2CCN(Cc3cnc[nH]3)CC2)nn1. The second-order valence-electron chi connectivity index (χ2n) is 6.98. The number of rotatable bonds is 6. The number of nitrogens with one attached hydrogen (secondary N) is 1. The molecule has 2 aromatic heterocycles. The molecular formula is C19H24N6O. The van der Waals surface area contributed by atoms with Crippen LogP contribution in [-0.2, 0) is 13.1 Å². The van der Waals surface area contributed by atoms with Gasteiger partial charge < -0.3 is 10.1 Å². The molecule has 0 amide bonds. The van der Waals surface area contributed by atoms with Gasteiger partial charge in [-0.3, -0.25) is 9.58 Å². The molecule has 2 N–H and O–H groups in total. The van der Waals surface area contributed by atoms with Crippen molar-refractivity contribution < 1.29 is 5.11 Å². The van der Waals surface area contributed by atoms with Crippen LogP contribution in [0.2, 0.25) is 0 Å². The number of aromatic amines is 1. The molecule has 1 aromatic carbocycles. The third-order valence-corrected chi connectivity index (χ3v) is 5.05. The molecule has 0 aliphatic carbocycles. The number of benzene rings is 1. The quantitative estimate of drug-likeness (QED) is 0.709. The predicted octanol–water partition coefficient (Wildman–Crippen LogP) is 2.00. The lowest BCUT2D eigenvalue weighted by Gasteiger charge is -2.31. The van der Waals surface area contributed by atoms with Gasteiger partial charge in [-0.2, -0.15) is 0 Å². The van der Waals surface area contributed by atoms with E-state index in [9.17, 15) is 5.11 Å². The maximum atomic E-state index is 10.4. The van der Waals surface area contributed by atoms with Gasteiger partial charge in [-0.15, -0.1) is 5.10 Å². The van der Waals surface area contributed by atoms with Crippen LogP contribution >= 0.6 is 0 Å². The van der Waals surface area contributed by atoms with Crippen LogP contribution in [0.3, 0.4) is 0 Å². The maximum absolute atomic E-state index is 10.4. The Balaban J connectivity index is 1.30. The van der Waals surface area contributed by atoms with Crippen LogP contribution in [0.4, 0.5) is 0 Å². The summed E-state index contributed by atoms with van der Waals surface area (Å²) in [6, 6.07) is 9.57. The molecule has 3 heterocycles. The van der Waals surface area contributed by atoms with Crippen LogP contribution in [0.1, 0.15) is 35.9 Å². The zero-order valence-electron chi connectivity index (χ0n) is 14.7. The van der Waals surface area contributed by atoms with Crippen molar-refractivity contribution in [3.63, 3.8) is 0 Å². The average molecular weight is 352 g/mol. The lowest BCUT2D eigenvalue weighted by Crippen LogP contribution is -2.34. The summed E-state index contributed by atoms with van der Waals surface area (Å²) in [4.78, 5) is 9.69. The van der Waals surface area contributed by atoms with E-state index in [1.807, 2.05) is 47.4 Å². The summed E-state index contributed by atoms with van der Waals surface area (Å²) >= 11 is 0. The third kappa shape index (κ3) is 4.00. The van der Waals surface area contributed by atoms with E-state index in [2.05, 4.69) is 25.2 Å². The molecule has 7 nitrogen and oxygen atoms in total. The summed E-state index contributed by atoms with van der Waals surface area (Å²) in [5.41, 5.74) is 2.61. The number of aliphatic hydroxyl groups excluding tert-OH is 1. The van der Waals surface area contributed by atoms with E-state index in [1.165, 1.54) is 5.69 Å². The smallest absolute Gasteiger partial charge is 0.124 e. The Morgan fingerprint density at radius 2 is 2.00 bits per heavy atom. The molecular weight excluding hydrogens is 328 g/mol. The van der Waals surface area contributed by atoms with Gasteiger partial charge in [0.05, 0.1) is 12.5 Å². The predicted molar refractivity (Wildman–Crippen MR) is 97.1 cm³/mol. The molecule has 3 aromatic rings. The van der Waals surface area contributed by atoms with E-state index >= 15 is 0 Å². The zero-order chi connectivity index (χ0) is 17.8. The number of likely N-dealkylation sites (tertiary alicyclic amines) is 1. The van der Waals surface area contributed by atoms with Crippen molar-refractivity contribution in [2.24, 2.45) is 5.92 Å². The standard InChI is InChI=1S/C19H24N6O/c26-19(16-4-2-1-3-5-16)18-13-25(23-22-18)11-15-6-8-24(9-7-15)12-17-10-20-14-21-17/h1-5,10,13-15,19,26H,6-9,11-12H2,(H,20,21)/t19-/m0/s1. The van der Waals surface area contributed by atoms with Crippen LogP contribution < -0.4 is 0 Å². The largest absolute Gasteiger partial charge is 0.382 e. The third-order valence-electron chi connectivity index (χ3n) is 5.05. The van der Waals surface area contributed by atoms with Gasteiger partial charge in [-0.1, -0.05) is 35.5 Å². The molecule has 0 radical (unpaired) electrons. The summed E-state index contributed by atoms with van der Waals surface area (Å²) in [5, 5.41) is 18.8. The normalized spacial score (nSPS) is 17.4. The van der Waals surface area contributed by atoms with Crippen molar-refractivity contribution in [2.75, 3.05) is 13.1 Å². The minimum atomic E-state index is -0.721. The van der Waals surface area contributed by atoms with Crippen molar-refractivity contribution in [1.29, 1.82) is 0 Å². The van der Waals surface area contributed by atoms with Crippen molar-refractivity contribution in [1.82, 2.24) is 29.9 Å². The molecule has 0 spiro atoms. The molecule has 1 atom stereocenters. The number of hydrogen-bond donors (Lipinski definition) is 2. The Bertz CT molecular complexity index is 793. The van der Waals surface area contributed by atoms with Crippen LogP contribution in [0.15, 0.2) is 49.1 Å². The Hall–Kier alpha value is -2.51. The van der Waals surface area contributed by atoms with E-state index in [0.29, 0.717) is 11.6 Å². The van der Waals surface area contributed by atoms with Crippen LogP contribution in [0.25, 0.3) is 0 Å². The molecule has 0 saturated carbocycles. The molecule has 0 unspecified atom stereocenters. The zero-order valence-corrected chi connectivity index (χ0v) is 14.7. The van der Waals surface area contributed by atoms with Gasteiger partial charge in [0.2, 0.25) is 0 Å². The number of H-pyrrole nitrogens is 1. The highest BCUT2D eigenvalue weighted by molar-refractivity contribution is 5.23. The van der Waals surface area contributed by atoms with E-state index in [-0.39, 0.29) is 0 Å². The van der Waals surface area contributed by atoms with Gasteiger partial charge in [0, 0.05) is 25.0 Å². The second kappa shape index (κ2) is 7.80. The number of nitrogens with zero attached hydrogens (tertiary/aromatic N) is 5. The summed E-state index contributed by atoms with van der Waals surface area (Å²) in [6.45, 7) is 3.95. The number of aliphatic hydroxyl groups is 1. The molecule has 1 saturated heterocycles. The topological polar surface area (TPSA) is 82.9 Å². The first-order chi connectivity index (χ1) is 12.8. The van der Waals surface area contributed by atoms with Crippen molar-refractivity contribution >= 4 is 0 Å². The Labute approximate surface area is 152 Å². The Morgan fingerprint density at radius 1 is 1.19 bits per heavy atom. The van der Waals surface area contributed by atoms with Gasteiger partial charge in [0.15, 0.2) is 0 Å². The molecule has 1 aliphatic heterocycles. The maximum Gasteiger partial charge on any atom is 0.124 e. The van der Waals surface area contributed by atoms with Crippen molar-refractivity contribution in [3.05, 3.63) is 66.0 Å². The fourth-order valence-electron chi connectivity index (χ4n) is 3.54. The van der Waals surface area contributed by atoms with Crippen molar-refractivity contribution in [2.45, 2.75) is 32.0 Å². The highest BCUT2D eigenvalue weighted by Crippen LogP contribution is 2.22. The lowest BCUT2D eigenvalue weighted by molar-refractivity contribution is 0.163. The molecule has 4 rings (SSSR count). The van der Waals surface area contributed by atoms with Gasteiger partial charge in [0.1, 0.15) is 11.8 Å². The van der Waals surface area contributed by atoms with Crippen molar-refractivity contribution in [3.8, 4) is 0 Å². The van der Waals surface area contributed by atoms with E-state index in [0.717, 1.165) is 44.6 Å². The minimum Gasteiger partial charge on any atom is -0.382 e. The van der Waals surface area contributed by atoms with Crippen LogP contribution in [0.5, 0.6) is 0 Å². The first-order valence-electron chi connectivity index (χ1n) is 9.10. The molecule has 7 heteroatoms. The van der Waals surface area contributed by atoms with Gasteiger partial charge in [-0.25, -0.2) is 4.98 Å². The summed E-state index contributed by atoms with van der Waals surface area (Å²) in [6.07, 6.45) is 7.06. The lowest BCUT2D eigenvalue weighted by atomic mass is 9.97.